The van der Waals surface area contributed by atoms with E-state index < -0.39 is 0 Å². The van der Waals surface area contributed by atoms with Gasteiger partial charge in [-0.15, -0.1) is 0 Å². The van der Waals surface area contributed by atoms with Crippen LogP contribution in [-0.4, -0.2) is 42.0 Å². The van der Waals surface area contributed by atoms with E-state index in [1.54, 1.807) is 12.1 Å². The van der Waals surface area contributed by atoms with E-state index in [-0.39, 0.29) is 17.8 Å². The van der Waals surface area contributed by atoms with Gasteiger partial charge >= 0.3 is 5.97 Å². The van der Waals surface area contributed by atoms with Gasteiger partial charge in [-0.25, -0.2) is 9.97 Å². The summed E-state index contributed by atoms with van der Waals surface area (Å²) in [5.41, 5.74) is 0.409. The summed E-state index contributed by atoms with van der Waals surface area (Å²) in [5, 5.41) is 11.8. The lowest BCUT2D eigenvalue weighted by molar-refractivity contribution is -0.146. The Morgan fingerprint density at radius 3 is 2.65 bits per heavy atom. The Morgan fingerprint density at radius 2 is 2.08 bits per heavy atom. The lowest BCUT2D eigenvalue weighted by Crippen LogP contribution is -2.37. The fourth-order valence-electron chi connectivity index (χ4n) is 2.77. The van der Waals surface area contributed by atoms with Crippen molar-refractivity contribution < 1.29 is 14.3 Å². The molecule has 26 heavy (non-hydrogen) atoms. The monoisotopic (exact) mass is 371 g/mol. The van der Waals surface area contributed by atoms with Crippen molar-refractivity contribution in [3.05, 3.63) is 35.0 Å². The number of pyridine rings is 1. The van der Waals surface area contributed by atoms with Crippen molar-refractivity contribution in [2.75, 3.05) is 30.4 Å². The lowest BCUT2D eigenvalue weighted by Gasteiger charge is -2.31. The molecule has 8 nitrogen and oxygen atoms in total. The summed E-state index contributed by atoms with van der Waals surface area (Å²) < 4.78 is 4.79. The molecule has 0 aliphatic carbocycles. The lowest BCUT2D eigenvalue weighted by atomic mass is 9.97. The second-order valence-corrected chi connectivity index (χ2v) is 6.82. The highest BCUT2D eigenvalue weighted by atomic mass is 32.1. The van der Waals surface area contributed by atoms with Gasteiger partial charge in [0.25, 0.3) is 5.91 Å². The van der Waals surface area contributed by atoms with Crippen molar-refractivity contribution in [2.45, 2.75) is 12.8 Å². The van der Waals surface area contributed by atoms with E-state index in [2.05, 4.69) is 20.2 Å². The summed E-state index contributed by atoms with van der Waals surface area (Å²) in [7, 11) is 1.41. The molecular formula is C17H17N5O3S. The van der Waals surface area contributed by atoms with Crippen LogP contribution in [0.25, 0.3) is 0 Å². The van der Waals surface area contributed by atoms with Gasteiger partial charge in [0, 0.05) is 19.3 Å². The standard InChI is InChI=1S/C17H17N5O3S/c1-25-16(24)11-4-6-22(7-5-11)14-3-2-12(9-19-14)15(23)21-17-20-10-13(8-18)26-17/h2-3,9-11H,4-7H2,1H3,(H,20,21,23). The Kier molecular flexibility index (Phi) is 5.43. The highest BCUT2D eigenvalue weighted by Crippen LogP contribution is 2.23. The summed E-state index contributed by atoms with van der Waals surface area (Å²) in [6.45, 7) is 1.43. The molecule has 3 heterocycles. The fraction of sp³-hybridized carbons (Fsp3) is 0.353. The second-order valence-electron chi connectivity index (χ2n) is 5.79. The summed E-state index contributed by atoms with van der Waals surface area (Å²) in [6, 6.07) is 5.46. The number of esters is 1. The number of nitrogens with one attached hydrogen (secondary N) is 1. The number of carbonyl (C=O) groups excluding carboxylic acids is 2. The molecule has 2 aromatic heterocycles. The zero-order valence-corrected chi connectivity index (χ0v) is 15.0. The predicted octanol–water partition coefficient (Wildman–Crippen LogP) is 2.05. The van der Waals surface area contributed by atoms with Gasteiger partial charge in [0.1, 0.15) is 16.8 Å². The van der Waals surface area contributed by atoms with Crippen LogP contribution in [0.3, 0.4) is 0 Å². The van der Waals surface area contributed by atoms with Crippen LogP contribution in [0.5, 0.6) is 0 Å². The van der Waals surface area contributed by atoms with E-state index in [0.717, 1.165) is 30.0 Å². The molecule has 2 aromatic rings. The summed E-state index contributed by atoms with van der Waals surface area (Å²) in [4.78, 5) is 34.6. The number of anilines is 2. The maximum atomic E-state index is 12.2. The first-order chi connectivity index (χ1) is 12.6. The normalized spacial score (nSPS) is 14.5. The molecule has 0 bridgehead atoms. The number of amides is 1. The van der Waals surface area contributed by atoms with Crippen molar-refractivity contribution in [3.63, 3.8) is 0 Å². The van der Waals surface area contributed by atoms with E-state index in [0.29, 0.717) is 28.7 Å². The minimum absolute atomic E-state index is 0.0575. The Morgan fingerprint density at radius 1 is 1.31 bits per heavy atom. The smallest absolute Gasteiger partial charge is 0.308 e. The first-order valence-electron chi connectivity index (χ1n) is 8.07. The van der Waals surface area contributed by atoms with Gasteiger partial charge in [-0.2, -0.15) is 5.26 Å². The molecular weight excluding hydrogens is 354 g/mol. The largest absolute Gasteiger partial charge is 0.469 e. The Bertz CT molecular complexity index is 835. The van der Waals surface area contributed by atoms with E-state index in [1.165, 1.54) is 19.5 Å². The first kappa shape index (κ1) is 17.8. The Hall–Kier alpha value is -2.99. The van der Waals surface area contributed by atoms with Gasteiger partial charge in [-0.3, -0.25) is 14.9 Å². The molecule has 1 saturated heterocycles. The maximum absolute atomic E-state index is 12.2. The highest BCUT2D eigenvalue weighted by Gasteiger charge is 2.26. The number of hydrogen-bond acceptors (Lipinski definition) is 8. The number of thiazole rings is 1. The van der Waals surface area contributed by atoms with Crippen molar-refractivity contribution in [3.8, 4) is 6.07 Å². The molecule has 1 aliphatic rings. The number of aromatic nitrogens is 2. The van der Waals surface area contributed by atoms with Crippen LogP contribution in [0, 0.1) is 17.2 Å². The molecule has 1 N–H and O–H groups in total. The minimum Gasteiger partial charge on any atom is -0.469 e. The maximum Gasteiger partial charge on any atom is 0.308 e. The molecule has 3 rings (SSSR count). The number of ether oxygens (including phenoxy) is 1. The van der Waals surface area contributed by atoms with Gasteiger partial charge in [0.2, 0.25) is 0 Å². The quantitative estimate of drug-likeness (QED) is 0.819. The van der Waals surface area contributed by atoms with E-state index in [9.17, 15) is 9.59 Å². The average molecular weight is 371 g/mol. The molecule has 1 fully saturated rings. The molecule has 0 unspecified atom stereocenters. The average Bonchev–Trinajstić information content (AvgIpc) is 3.15. The number of piperidine rings is 1. The summed E-state index contributed by atoms with van der Waals surface area (Å²) >= 11 is 1.12. The molecule has 134 valence electrons. The second kappa shape index (κ2) is 7.93. The molecule has 1 amide bonds. The van der Waals surface area contributed by atoms with Gasteiger partial charge in [-0.05, 0) is 25.0 Å². The Balaban J connectivity index is 1.59. The van der Waals surface area contributed by atoms with Crippen LogP contribution < -0.4 is 10.2 Å². The van der Waals surface area contributed by atoms with Crippen LogP contribution in [0.1, 0.15) is 28.1 Å². The molecule has 1 aliphatic heterocycles. The van der Waals surface area contributed by atoms with Gasteiger partial charge in [0.15, 0.2) is 5.13 Å². The summed E-state index contributed by atoms with van der Waals surface area (Å²) in [5.74, 6) is 0.224. The molecule has 0 saturated carbocycles. The molecule has 0 spiro atoms. The van der Waals surface area contributed by atoms with Crippen molar-refractivity contribution in [1.29, 1.82) is 5.26 Å². The number of hydrogen-bond donors (Lipinski definition) is 1. The number of rotatable bonds is 4. The zero-order chi connectivity index (χ0) is 18.5. The predicted molar refractivity (Wildman–Crippen MR) is 96.0 cm³/mol. The number of nitriles is 1. The first-order valence-corrected chi connectivity index (χ1v) is 8.88. The van der Waals surface area contributed by atoms with Crippen molar-refractivity contribution in [2.24, 2.45) is 5.92 Å². The van der Waals surface area contributed by atoms with Crippen LogP contribution >= 0.6 is 11.3 Å². The third-order valence-electron chi connectivity index (χ3n) is 4.20. The topological polar surface area (TPSA) is 108 Å². The van der Waals surface area contributed by atoms with Crippen molar-refractivity contribution in [1.82, 2.24) is 9.97 Å². The third kappa shape index (κ3) is 3.97. The van der Waals surface area contributed by atoms with E-state index in [4.69, 9.17) is 10.00 Å². The minimum atomic E-state index is -0.327. The summed E-state index contributed by atoms with van der Waals surface area (Å²) in [6.07, 6.45) is 4.37. The zero-order valence-electron chi connectivity index (χ0n) is 14.1. The highest BCUT2D eigenvalue weighted by molar-refractivity contribution is 7.16. The molecule has 0 radical (unpaired) electrons. The van der Waals surface area contributed by atoms with Gasteiger partial charge in [-0.1, -0.05) is 11.3 Å². The van der Waals surface area contributed by atoms with Gasteiger partial charge in [0.05, 0.1) is 24.8 Å². The fourth-order valence-corrected chi connectivity index (χ4v) is 3.38. The molecule has 0 atom stereocenters. The third-order valence-corrected chi connectivity index (χ3v) is 5.02. The SMILES string of the molecule is COC(=O)C1CCN(c2ccc(C(=O)Nc3ncc(C#N)s3)cn2)CC1. The number of methoxy groups -OCH3 is 1. The molecule has 0 aromatic carbocycles. The molecule has 9 heteroatoms. The van der Waals surface area contributed by atoms with Crippen LogP contribution in [-0.2, 0) is 9.53 Å². The number of nitrogens with zero attached hydrogens (tertiary/aromatic N) is 4. The Labute approximate surface area is 154 Å². The van der Waals surface area contributed by atoms with Crippen molar-refractivity contribution >= 4 is 34.2 Å². The van der Waals surface area contributed by atoms with Crippen LogP contribution in [0.15, 0.2) is 24.5 Å². The van der Waals surface area contributed by atoms with E-state index in [1.807, 2.05) is 6.07 Å². The van der Waals surface area contributed by atoms with E-state index >= 15 is 0 Å². The van der Waals surface area contributed by atoms with Gasteiger partial charge < -0.3 is 9.64 Å². The number of carbonyl (C=O) groups is 2. The van der Waals surface area contributed by atoms with Crippen LogP contribution in [0.4, 0.5) is 10.9 Å². The van der Waals surface area contributed by atoms with Crippen LogP contribution in [0.2, 0.25) is 0 Å².